The predicted molar refractivity (Wildman–Crippen MR) is 59.9 cm³/mol. The molecule has 0 heterocycles. The molecule has 4 nitrogen and oxygen atoms in total. The summed E-state index contributed by atoms with van der Waals surface area (Å²) in [6.07, 6.45) is -0.666. The van der Waals surface area contributed by atoms with E-state index in [4.69, 9.17) is 4.74 Å². The summed E-state index contributed by atoms with van der Waals surface area (Å²) in [5.41, 5.74) is 0.769. The monoisotopic (exact) mass is 221 g/mol. The molecule has 0 saturated carbocycles. The SMILES string of the molecule is COC(C(=O)NCC(C)=O)c1ccccc1. The second kappa shape index (κ2) is 6.02. The number of carbonyl (C=O) groups excluding carboxylic acids is 2. The zero-order valence-corrected chi connectivity index (χ0v) is 9.40. The number of hydrogen-bond donors (Lipinski definition) is 1. The summed E-state index contributed by atoms with van der Waals surface area (Å²) in [7, 11) is 1.46. The summed E-state index contributed by atoms with van der Waals surface area (Å²) in [5.74, 6) is -0.389. The van der Waals surface area contributed by atoms with Crippen LogP contribution in [0.5, 0.6) is 0 Å². The van der Waals surface area contributed by atoms with Crippen molar-refractivity contribution in [3.8, 4) is 0 Å². The zero-order valence-electron chi connectivity index (χ0n) is 9.40. The standard InChI is InChI=1S/C12H15NO3/c1-9(14)8-13-12(15)11(16-2)10-6-4-3-5-7-10/h3-7,11H,8H2,1-2H3,(H,13,15). The van der Waals surface area contributed by atoms with Crippen LogP contribution in [0.25, 0.3) is 0 Å². The average Bonchev–Trinajstić information content (AvgIpc) is 2.29. The van der Waals surface area contributed by atoms with Gasteiger partial charge in [0.25, 0.3) is 5.91 Å². The molecule has 0 bridgehead atoms. The highest BCUT2D eigenvalue weighted by Gasteiger charge is 2.19. The Bertz CT molecular complexity index is 362. The van der Waals surface area contributed by atoms with Crippen LogP contribution in [0.15, 0.2) is 30.3 Å². The summed E-state index contributed by atoms with van der Waals surface area (Å²) < 4.78 is 5.11. The molecule has 1 atom stereocenters. The van der Waals surface area contributed by atoms with Gasteiger partial charge in [-0.15, -0.1) is 0 Å². The van der Waals surface area contributed by atoms with E-state index in [9.17, 15) is 9.59 Å². The van der Waals surface area contributed by atoms with Gasteiger partial charge >= 0.3 is 0 Å². The molecular formula is C12H15NO3. The van der Waals surface area contributed by atoms with Gasteiger partial charge in [0.2, 0.25) is 0 Å². The van der Waals surface area contributed by atoms with Crippen LogP contribution in [-0.2, 0) is 14.3 Å². The van der Waals surface area contributed by atoms with Gasteiger partial charge in [0, 0.05) is 7.11 Å². The number of hydrogen-bond acceptors (Lipinski definition) is 3. The van der Waals surface area contributed by atoms with Gasteiger partial charge in [0.15, 0.2) is 6.10 Å². The fourth-order valence-corrected chi connectivity index (χ4v) is 1.33. The van der Waals surface area contributed by atoms with Gasteiger partial charge in [-0.1, -0.05) is 30.3 Å². The lowest BCUT2D eigenvalue weighted by Gasteiger charge is -2.14. The Balaban J connectivity index is 2.68. The summed E-state index contributed by atoms with van der Waals surface area (Å²) in [6, 6.07) is 9.14. The number of carbonyl (C=O) groups is 2. The molecule has 0 aliphatic rings. The lowest BCUT2D eigenvalue weighted by Crippen LogP contribution is -2.33. The summed E-state index contributed by atoms with van der Waals surface area (Å²) in [4.78, 5) is 22.4. The average molecular weight is 221 g/mol. The van der Waals surface area contributed by atoms with Crippen molar-refractivity contribution >= 4 is 11.7 Å². The van der Waals surface area contributed by atoms with Crippen LogP contribution < -0.4 is 5.32 Å². The third kappa shape index (κ3) is 3.47. The molecule has 0 fully saturated rings. The first-order chi connectivity index (χ1) is 7.65. The minimum atomic E-state index is -0.666. The van der Waals surface area contributed by atoms with Crippen molar-refractivity contribution in [2.75, 3.05) is 13.7 Å². The van der Waals surface area contributed by atoms with E-state index in [1.54, 1.807) is 0 Å². The Labute approximate surface area is 94.6 Å². The molecular weight excluding hydrogens is 206 g/mol. The highest BCUT2D eigenvalue weighted by molar-refractivity contribution is 5.87. The summed E-state index contributed by atoms with van der Waals surface area (Å²) in [6.45, 7) is 1.45. The minimum absolute atomic E-state index is 0.0333. The molecule has 4 heteroatoms. The molecule has 16 heavy (non-hydrogen) atoms. The van der Waals surface area contributed by atoms with E-state index in [1.807, 2.05) is 30.3 Å². The number of methoxy groups -OCH3 is 1. The highest BCUT2D eigenvalue weighted by Crippen LogP contribution is 2.15. The van der Waals surface area contributed by atoms with Crippen LogP contribution in [0.2, 0.25) is 0 Å². The first kappa shape index (κ1) is 12.4. The summed E-state index contributed by atoms with van der Waals surface area (Å²) >= 11 is 0. The van der Waals surface area contributed by atoms with Crippen LogP contribution in [0, 0.1) is 0 Å². The highest BCUT2D eigenvalue weighted by atomic mass is 16.5. The molecule has 0 aliphatic heterocycles. The number of Topliss-reactive ketones (excluding diaryl/α,β-unsaturated/α-hetero) is 1. The van der Waals surface area contributed by atoms with E-state index in [2.05, 4.69) is 5.32 Å². The molecule has 0 aromatic heterocycles. The predicted octanol–water partition coefficient (Wildman–Crippen LogP) is 1.08. The molecule has 0 spiro atoms. The van der Waals surface area contributed by atoms with Crippen LogP contribution >= 0.6 is 0 Å². The fraction of sp³-hybridized carbons (Fsp3) is 0.333. The van der Waals surface area contributed by atoms with E-state index in [-0.39, 0.29) is 18.2 Å². The van der Waals surface area contributed by atoms with Crippen molar-refractivity contribution in [1.29, 1.82) is 0 Å². The Morgan fingerprint density at radius 1 is 1.31 bits per heavy atom. The van der Waals surface area contributed by atoms with E-state index >= 15 is 0 Å². The first-order valence-corrected chi connectivity index (χ1v) is 5.00. The van der Waals surface area contributed by atoms with Crippen molar-refractivity contribution in [1.82, 2.24) is 5.32 Å². The molecule has 1 aromatic rings. The summed E-state index contributed by atoms with van der Waals surface area (Å²) in [5, 5.41) is 2.52. The fourth-order valence-electron chi connectivity index (χ4n) is 1.33. The molecule has 1 N–H and O–H groups in total. The third-order valence-corrected chi connectivity index (χ3v) is 2.09. The number of rotatable bonds is 5. The normalized spacial score (nSPS) is 11.9. The third-order valence-electron chi connectivity index (χ3n) is 2.09. The molecule has 1 aromatic carbocycles. The number of ketones is 1. The minimum Gasteiger partial charge on any atom is -0.367 e. The largest absolute Gasteiger partial charge is 0.367 e. The first-order valence-electron chi connectivity index (χ1n) is 5.00. The molecule has 0 radical (unpaired) electrons. The van der Waals surface area contributed by atoms with Crippen molar-refractivity contribution in [2.24, 2.45) is 0 Å². The number of benzene rings is 1. The zero-order chi connectivity index (χ0) is 12.0. The smallest absolute Gasteiger partial charge is 0.254 e. The van der Waals surface area contributed by atoms with Gasteiger partial charge < -0.3 is 10.1 Å². The van der Waals surface area contributed by atoms with E-state index in [0.717, 1.165) is 5.56 Å². The van der Waals surface area contributed by atoms with Crippen molar-refractivity contribution < 1.29 is 14.3 Å². The lowest BCUT2D eigenvalue weighted by atomic mass is 10.1. The van der Waals surface area contributed by atoms with E-state index in [1.165, 1.54) is 14.0 Å². The number of nitrogens with one attached hydrogen (secondary N) is 1. The van der Waals surface area contributed by atoms with Crippen molar-refractivity contribution in [2.45, 2.75) is 13.0 Å². The Morgan fingerprint density at radius 2 is 1.94 bits per heavy atom. The topological polar surface area (TPSA) is 55.4 Å². The van der Waals surface area contributed by atoms with Crippen LogP contribution in [0.1, 0.15) is 18.6 Å². The van der Waals surface area contributed by atoms with E-state index in [0.29, 0.717) is 0 Å². The van der Waals surface area contributed by atoms with Crippen LogP contribution in [0.3, 0.4) is 0 Å². The number of amides is 1. The van der Waals surface area contributed by atoms with Crippen LogP contribution in [-0.4, -0.2) is 25.3 Å². The molecule has 1 amide bonds. The lowest BCUT2D eigenvalue weighted by molar-refractivity contribution is -0.133. The number of ether oxygens (including phenoxy) is 1. The van der Waals surface area contributed by atoms with Gasteiger partial charge in [-0.25, -0.2) is 0 Å². The van der Waals surface area contributed by atoms with Crippen molar-refractivity contribution in [3.63, 3.8) is 0 Å². The van der Waals surface area contributed by atoms with Crippen LogP contribution in [0.4, 0.5) is 0 Å². The second-order valence-corrected chi connectivity index (χ2v) is 3.45. The molecule has 0 aliphatic carbocycles. The molecule has 0 saturated heterocycles. The second-order valence-electron chi connectivity index (χ2n) is 3.45. The van der Waals surface area contributed by atoms with Gasteiger partial charge in [-0.05, 0) is 12.5 Å². The van der Waals surface area contributed by atoms with Gasteiger partial charge in [-0.3, -0.25) is 9.59 Å². The maximum atomic E-state index is 11.7. The van der Waals surface area contributed by atoms with Crippen molar-refractivity contribution in [3.05, 3.63) is 35.9 Å². The maximum Gasteiger partial charge on any atom is 0.254 e. The maximum absolute atomic E-state index is 11.7. The Hall–Kier alpha value is -1.68. The molecule has 86 valence electrons. The van der Waals surface area contributed by atoms with Gasteiger partial charge in [0.05, 0.1) is 6.54 Å². The molecule has 1 unspecified atom stereocenters. The quantitative estimate of drug-likeness (QED) is 0.809. The van der Waals surface area contributed by atoms with Gasteiger partial charge in [-0.2, -0.15) is 0 Å². The Kier molecular flexibility index (Phi) is 4.66. The Morgan fingerprint density at radius 3 is 2.44 bits per heavy atom. The molecule has 1 rings (SSSR count). The van der Waals surface area contributed by atoms with E-state index < -0.39 is 6.10 Å². The van der Waals surface area contributed by atoms with Gasteiger partial charge in [0.1, 0.15) is 5.78 Å².